The largest absolute Gasteiger partial charge is 0.381 e. The predicted molar refractivity (Wildman–Crippen MR) is 101 cm³/mol. The van der Waals surface area contributed by atoms with Gasteiger partial charge >= 0.3 is 0 Å². The van der Waals surface area contributed by atoms with Crippen molar-refractivity contribution in [1.82, 2.24) is 0 Å². The van der Waals surface area contributed by atoms with Crippen LogP contribution in [-0.2, 0) is 9.84 Å². The molecular formula is C21H43O2. The van der Waals surface area contributed by atoms with E-state index in [2.05, 4.69) is 6.92 Å². The average Bonchev–Trinajstić information content (AvgIpc) is 2.57. The Hall–Kier alpha value is -0.0800. The third-order valence-corrected chi connectivity index (χ3v) is 4.58. The summed E-state index contributed by atoms with van der Waals surface area (Å²) in [7, 11) is 0. The molecule has 0 aromatic rings. The van der Waals surface area contributed by atoms with Crippen molar-refractivity contribution in [3.63, 3.8) is 0 Å². The van der Waals surface area contributed by atoms with E-state index in [1.807, 2.05) is 0 Å². The Morgan fingerprint density at radius 3 is 1.22 bits per heavy atom. The van der Waals surface area contributed by atoms with Crippen molar-refractivity contribution in [3.05, 3.63) is 0 Å². The molecule has 2 heteroatoms. The van der Waals surface area contributed by atoms with Crippen molar-refractivity contribution >= 4 is 0 Å². The van der Waals surface area contributed by atoms with Crippen molar-refractivity contribution in [2.45, 2.75) is 116 Å². The minimum Gasteiger partial charge on any atom is -0.381 e. The van der Waals surface area contributed by atoms with Crippen LogP contribution in [0.15, 0.2) is 0 Å². The standard InChI is InChI=1S/C21H43O2/c1-2-3-4-5-6-7-8-9-10-11-12-13-14-15-16-17-20-23-21-18-19-22/h2-21H2,1H3. The van der Waals surface area contributed by atoms with E-state index >= 15 is 0 Å². The molecule has 139 valence electrons. The molecule has 0 fully saturated rings. The smallest absolute Gasteiger partial charge is 0.0844 e. The van der Waals surface area contributed by atoms with Gasteiger partial charge in [0.1, 0.15) is 0 Å². The summed E-state index contributed by atoms with van der Waals surface area (Å²) in [6.07, 6.45) is 23.1. The summed E-state index contributed by atoms with van der Waals surface area (Å²) in [5.41, 5.74) is 0. The second-order valence-electron chi connectivity index (χ2n) is 6.97. The molecule has 23 heavy (non-hydrogen) atoms. The van der Waals surface area contributed by atoms with Gasteiger partial charge in [0.25, 0.3) is 0 Å². The third kappa shape index (κ3) is 21.9. The first-order chi connectivity index (χ1) is 11.4. The fraction of sp³-hybridized carbons (Fsp3) is 1.00. The van der Waals surface area contributed by atoms with E-state index in [-0.39, 0.29) is 6.61 Å². The van der Waals surface area contributed by atoms with Crippen molar-refractivity contribution in [3.8, 4) is 0 Å². The number of ether oxygens (including phenoxy) is 1. The first-order valence-corrected chi connectivity index (χ1v) is 10.6. The van der Waals surface area contributed by atoms with Crippen LogP contribution in [0.2, 0.25) is 0 Å². The van der Waals surface area contributed by atoms with E-state index in [1.165, 1.54) is 96.3 Å². The molecule has 0 aliphatic rings. The second-order valence-corrected chi connectivity index (χ2v) is 6.97. The zero-order valence-corrected chi connectivity index (χ0v) is 16.0. The van der Waals surface area contributed by atoms with Crippen LogP contribution in [0, 0.1) is 0 Å². The number of hydrogen-bond acceptors (Lipinski definition) is 1. The monoisotopic (exact) mass is 327 g/mol. The van der Waals surface area contributed by atoms with Crippen LogP contribution in [0.3, 0.4) is 0 Å². The molecule has 0 N–H and O–H groups in total. The van der Waals surface area contributed by atoms with E-state index in [1.54, 1.807) is 0 Å². The van der Waals surface area contributed by atoms with Crippen LogP contribution in [-0.4, -0.2) is 19.8 Å². The lowest BCUT2D eigenvalue weighted by molar-refractivity contribution is 0.0964. The summed E-state index contributed by atoms with van der Waals surface area (Å²) in [6, 6.07) is 0. The van der Waals surface area contributed by atoms with Crippen LogP contribution in [0.1, 0.15) is 116 Å². The predicted octanol–water partition coefficient (Wildman–Crippen LogP) is 7.09. The molecule has 0 rings (SSSR count). The van der Waals surface area contributed by atoms with Gasteiger partial charge in [-0.15, -0.1) is 0 Å². The molecule has 0 aliphatic heterocycles. The molecule has 0 aromatic carbocycles. The highest BCUT2D eigenvalue weighted by Gasteiger charge is 1.95. The summed E-state index contributed by atoms with van der Waals surface area (Å²) in [5, 5.41) is 10.2. The van der Waals surface area contributed by atoms with E-state index in [0.717, 1.165) is 13.0 Å². The summed E-state index contributed by atoms with van der Waals surface area (Å²) in [6.45, 7) is 3.78. The fourth-order valence-electron chi connectivity index (χ4n) is 3.02. The molecule has 0 atom stereocenters. The molecule has 0 unspecified atom stereocenters. The molecule has 1 radical (unpaired) electrons. The minimum absolute atomic E-state index is 0.00103. The Bertz CT molecular complexity index is 174. The first kappa shape index (κ1) is 22.9. The lowest BCUT2D eigenvalue weighted by Crippen LogP contribution is -1.98. The van der Waals surface area contributed by atoms with Crippen molar-refractivity contribution in [1.29, 1.82) is 0 Å². The van der Waals surface area contributed by atoms with Gasteiger partial charge in [0.2, 0.25) is 0 Å². The molecule has 0 saturated heterocycles. The maximum atomic E-state index is 10.2. The Morgan fingerprint density at radius 2 is 0.826 bits per heavy atom. The van der Waals surface area contributed by atoms with E-state index in [4.69, 9.17) is 4.74 Å². The summed E-state index contributed by atoms with van der Waals surface area (Å²) in [4.78, 5) is 0. The molecule has 0 spiro atoms. The second kappa shape index (κ2) is 21.9. The van der Waals surface area contributed by atoms with Crippen LogP contribution < -0.4 is 0 Å². The fourth-order valence-corrected chi connectivity index (χ4v) is 3.02. The Labute approximate surface area is 146 Å². The van der Waals surface area contributed by atoms with Crippen LogP contribution in [0.5, 0.6) is 0 Å². The zero-order chi connectivity index (χ0) is 16.8. The molecule has 0 heterocycles. The summed E-state index contributed by atoms with van der Waals surface area (Å²) in [5.74, 6) is 0. The van der Waals surface area contributed by atoms with Gasteiger partial charge in [-0.25, -0.2) is 5.11 Å². The third-order valence-electron chi connectivity index (χ3n) is 4.58. The Kier molecular flexibility index (Phi) is 21.8. The summed E-state index contributed by atoms with van der Waals surface area (Å²) >= 11 is 0. The number of hydrogen-bond donors (Lipinski definition) is 0. The molecular weight excluding hydrogens is 284 g/mol. The number of rotatable bonds is 20. The normalized spacial score (nSPS) is 11.2. The van der Waals surface area contributed by atoms with E-state index in [9.17, 15) is 5.11 Å². The summed E-state index contributed by atoms with van der Waals surface area (Å²) < 4.78 is 5.39. The molecule has 0 aliphatic carbocycles. The molecule has 2 nitrogen and oxygen atoms in total. The maximum absolute atomic E-state index is 10.2. The van der Waals surface area contributed by atoms with Crippen molar-refractivity contribution in [2.24, 2.45) is 0 Å². The Balaban J connectivity index is 2.92. The van der Waals surface area contributed by atoms with Crippen LogP contribution >= 0.6 is 0 Å². The van der Waals surface area contributed by atoms with Gasteiger partial charge in [-0.05, 0) is 12.8 Å². The highest BCUT2D eigenvalue weighted by Crippen LogP contribution is 2.13. The van der Waals surface area contributed by atoms with Crippen LogP contribution in [0.25, 0.3) is 0 Å². The SMILES string of the molecule is CCCCCCCCCCCCCCCCCCOCCC[O]. The lowest BCUT2D eigenvalue weighted by atomic mass is 10.0. The van der Waals surface area contributed by atoms with E-state index < -0.39 is 0 Å². The minimum atomic E-state index is -0.00103. The van der Waals surface area contributed by atoms with Gasteiger partial charge in [-0.2, -0.15) is 0 Å². The van der Waals surface area contributed by atoms with Gasteiger partial charge in [-0.1, -0.05) is 103 Å². The maximum Gasteiger partial charge on any atom is 0.0844 e. The van der Waals surface area contributed by atoms with Crippen molar-refractivity contribution < 1.29 is 9.84 Å². The van der Waals surface area contributed by atoms with Crippen molar-refractivity contribution in [2.75, 3.05) is 19.8 Å². The molecule has 0 saturated carbocycles. The molecule has 0 bridgehead atoms. The van der Waals surface area contributed by atoms with Gasteiger partial charge in [0.15, 0.2) is 0 Å². The van der Waals surface area contributed by atoms with Gasteiger partial charge < -0.3 is 4.74 Å². The quantitative estimate of drug-likeness (QED) is 0.219. The lowest BCUT2D eigenvalue weighted by Gasteiger charge is -2.04. The van der Waals surface area contributed by atoms with Gasteiger partial charge in [0.05, 0.1) is 6.61 Å². The van der Waals surface area contributed by atoms with Gasteiger partial charge in [0, 0.05) is 13.2 Å². The highest BCUT2D eigenvalue weighted by molar-refractivity contribution is 4.50. The topological polar surface area (TPSA) is 29.1 Å². The first-order valence-electron chi connectivity index (χ1n) is 10.6. The Morgan fingerprint density at radius 1 is 0.478 bits per heavy atom. The highest BCUT2D eigenvalue weighted by atomic mass is 16.5. The average molecular weight is 328 g/mol. The van der Waals surface area contributed by atoms with Crippen LogP contribution in [0.4, 0.5) is 0 Å². The number of unbranched alkanes of at least 4 members (excludes halogenated alkanes) is 15. The zero-order valence-electron chi connectivity index (χ0n) is 16.0. The molecule has 0 amide bonds. The van der Waals surface area contributed by atoms with Gasteiger partial charge in [-0.3, -0.25) is 0 Å². The molecule has 0 aromatic heterocycles. The van der Waals surface area contributed by atoms with E-state index in [0.29, 0.717) is 13.0 Å².